The molecule has 0 unspecified atom stereocenters. The van der Waals surface area contributed by atoms with Crippen LogP contribution in [0.5, 0.6) is 0 Å². The topological polar surface area (TPSA) is 106 Å². The van der Waals surface area contributed by atoms with Crippen LogP contribution < -0.4 is 5.32 Å². The molecule has 0 aliphatic carbocycles. The number of halogens is 3. The number of hydrogen-bond donors (Lipinski definition) is 1. The van der Waals surface area contributed by atoms with Gasteiger partial charge in [-0.25, -0.2) is 17.2 Å². The normalized spacial score (nSPS) is 17.5. The molecule has 3 aromatic rings. The first-order chi connectivity index (χ1) is 18.4. The molecule has 2 aromatic carbocycles. The van der Waals surface area contributed by atoms with Crippen LogP contribution in [0, 0.1) is 5.82 Å². The molecule has 0 bridgehead atoms. The van der Waals surface area contributed by atoms with Crippen LogP contribution in [0.15, 0.2) is 42.6 Å². The van der Waals surface area contributed by atoms with Gasteiger partial charge in [-0.15, -0.1) is 0 Å². The van der Waals surface area contributed by atoms with Crippen LogP contribution in [-0.4, -0.2) is 60.0 Å². The maximum absolute atomic E-state index is 14.4. The highest BCUT2D eigenvalue weighted by molar-refractivity contribution is 7.90. The van der Waals surface area contributed by atoms with Crippen LogP contribution in [0.25, 0.3) is 10.9 Å². The third-order valence-corrected chi connectivity index (χ3v) is 8.76. The minimum Gasteiger partial charge on any atom is -0.350 e. The van der Waals surface area contributed by atoms with E-state index >= 15 is 0 Å². The molecule has 0 spiro atoms. The predicted octanol–water partition coefficient (Wildman–Crippen LogP) is 3.83. The zero-order valence-electron chi connectivity index (χ0n) is 21.4. The summed E-state index contributed by atoms with van der Waals surface area (Å²) in [5, 5.41) is 3.01. The summed E-state index contributed by atoms with van der Waals surface area (Å²) in [5.41, 5.74) is 1.48. The van der Waals surface area contributed by atoms with Crippen molar-refractivity contribution in [1.82, 2.24) is 14.8 Å². The van der Waals surface area contributed by atoms with Crippen LogP contribution in [-0.2, 0) is 38.3 Å². The third-order valence-electron chi connectivity index (χ3n) is 6.82. The zero-order valence-corrected chi connectivity index (χ0v) is 23.0. The van der Waals surface area contributed by atoms with Crippen molar-refractivity contribution in [3.05, 3.63) is 70.1 Å². The van der Waals surface area contributed by atoms with E-state index in [-0.39, 0.29) is 53.9 Å². The molecule has 8 nitrogen and oxygen atoms in total. The van der Waals surface area contributed by atoms with Gasteiger partial charge in [-0.1, -0.05) is 42.8 Å². The number of Topliss-reactive ketones (excluding diaryl/α,β-unsaturated/α-hetero) is 1. The molecule has 1 aliphatic rings. The zero-order chi connectivity index (χ0) is 28.5. The van der Waals surface area contributed by atoms with Gasteiger partial charge in [-0.3, -0.25) is 14.4 Å². The van der Waals surface area contributed by atoms with Crippen LogP contribution in [0.4, 0.5) is 8.78 Å². The molecular formula is C27H28ClF2N3O5S. The molecule has 208 valence electrons. The van der Waals surface area contributed by atoms with Crippen molar-refractivity contribution < 1.29 is 31.6 Å². The van der Waals surface area contributed by atoms with Gasteiger partial charge in [0.2, 0.25) is 11.8 Å². The van der Waals surface area contributed by atoms with Crippen molar-refractivity contribution in [3.8, 4) is 0 Å². The second-order valence-corrected chi connectivity index (χ2v) is 12.3. The third kappa shape index (κ3) is 6.30. The van der Waals surface area contributed by atoms with Crippen LogP contribution >= 0.6 is 11.6 Å². The van der Waals surface area contributed by atoms with Crippen LogP contribution in [0.2, 0.25) is 5.02 Å². The lowest BCUT2D eigenvalue weighted by atomic mass is 10.1. The number of benzene rings is 2. The Kier molecular flexibility index (Phi) is 8.41. The lowest BCUT2D eigenvalue weighted by molar-refractivity contribution is -0.139. The minimum absolute atomic E-state index is 0.0318. The number of sulfone groups is 1. The van der Waals surface area contributed by atoms with Gasteiger partial charge in [0.05, 0.1) is 17.3 Å². The Hall–Kier alpha value is -3.31. The summed E-state index contributed by atoms with van der Waals surface area (Å²) in [6.45, 7) is 2.16. The Bertz CT molecular complexity index is 1560. The van der Waals surface area contributed by atoms with E-state index in [4.69, 9.17) is 11.6 Å². The lowest BCUT2D eigenvalue weighted by Crippen LogP contribution is -2.46. The average molecular weight is 580 g/mol. The summed E-state index contributed by atoms with van der Waals surface area (Å²) in [6.07, 6.45) is -0.129. The van der Waals surface area contributed by atoms with Gasteiger partial charge in [0.1, 0.15) is 24.6 Å². The quantitative estimate of drug-likeness (QED) is 0.388. The SMILES string of the molecule is CCS(=O)(=O)Cc1ccc2c(C(C)=O)cn(CC(=O)N3C[C@H](F)C[C@H]3C(=O)NCc3cccc(Cl)c3F)c2c1. The molecule has 1 fully saturated rings. The molecule has 12 heteroatoms. The average Bonchev–Trinajstić information content (AvgIpc) is 3.45. The Labute approximate surface area is 229 Å². The molecule has 4 rings (SSSR count). The minimum atomic E-state index is -3.32. The molecule has 1 N–H and O–H groups in total. The summed E-state index contributed by atoms with van der Waals surface area (Å²) in [5.74, 6) is -2.32. The molecule has 0 radical (unpaired) electrons. The smallest absolute Gasteiger partial charge is 0.243 e. The first kappa shape index (κ1) is 28.7. The van der Waals surface area contributed by atoms with Crippen molar-refractivity contribution in [2.75, 3.05) is 12.3 Å². The van der Waals surface area contributed by atoms with Gasteiger partial charge >= 0.3 is 0 Å². The maximum Gasteiger partial charge on any atom is 0.243 e. The van der Waals surface area contributed by atoms with Crippen molar-refractivity contribution >= 4 is 49.9 Å². The molecule has 39 heavy (non-hydrogen) atoms. The molecule has 1 aromatic heterocycles. The Morgan fingerprint density at radius 3 is 2.62 bits per heavy atom. The number of amides is 2. The number of carbonyl (C=O) groups is 3. The van der Waals surface area contributed by atoms with E-state index in [2.05, 4.69) is 5.32 Å². The van der Waals surface area contributed by atoms with Gasteiger partial charge in [0, 0.05) is 46.9 Å². The Morgan fingerprint density at radius 1 is 1.18 bits per heavy atom. The van der Waals surface area contributed by atoms with Crippen LogP contribution in [0.3, 0.4) is 0 Å². The van der Waals surface area contributed by atoms with E-state index in [1.807, 2.05) is 0 Å². The first-order valence-corrected chi connectivity index (χ1v) is 14.6. The Morgan fingerprint density at radius 2 is 1.92 bits per heavy atom. The summed E-state index contributed by atoms with van der Waals surface area (Å²) >= 11 is 5.79. The number of aromatic nitrogens is 1. The van der Waals surface area contributed by atoms with E-state index in [1.54, 1.807) is 25.1 Å². The van der Waals surface area contributed by atoms with Gasteiger partial charge in [0.25, 0.3) is 0 Å². The molecule has 2 atom stereocenters. The largest absolute Gasteiger partial charge is 0.350 e. The monoisotopic (exact) mass is 579 g/mol. The van der Waals surface area contributed by atoms with Crippen molar-refractivity contribution in [3.63, 3.8) is 0 Å². The summed E-state index contributed by atoms with van der Waals surface area (Å²) in [7, 11) is -3.32. The fourth-order valence-corrected chi connectivity index (χ4v) is 5.81. The highest BCUT2D eigenvalue weighted by atomic mass is 35.5. The van der Waals surface area contributed by atoms with E-state index in [9.17, 15) is 31.6 Å². The molecule has 1 saturated heterocycles. The molecule has 1 aliphatic heterocycles. The van der Waals surface area contributed by atoms with Gasteiger partial charge in [0.15, 0.2) is 15.6 Å². The lowest BCUT2D eigenvalue weighted by Gasteiger charge is -2.24. The number of alkyl halides is 1. The Balaban J connectivity index is 1.56. The number of fused-ring (bicyclic) bond motifs is 1. The van der Waals surface area contributed by atoms with E-state index in [0.717, 1.165) is 4.90 Å². The second kappa shape index (κ2) is 11.4. The van der Waals surface area contributed by atoms with Crippen LogP contribution in [0.1, 0.15) is 41.8 Å². The highest BCUT2D eigenvalue weighted by Crippen LogP contribution is 2.27. The van der Waals surface area contributed by atoms with Gasteiger partial charge < -0.3 is 14.8 Å². The second-order valence-electron chi connectivity index (χ2n) is 9.58. The van der Waals surface area contributed by atoms with Crippen molar-refractivity contribution in [2.24, 2.45) is 0 Å². The summed E-state index contributed by atoms with van der Waals surface area (Å²) < 4.78 is 54.4. The highest BCUT2D eigenvalue weighted by Gasteiger charge is 2.39. The van der Waals surface area contributed by atoms with E-state index < -0.39 is 39.7 Å². The fourth-order valence-electron chi connectivity index (χ4n) is 4.73. The van der Waals surface area contributed by atoms with E-state index in [1.165, 1.54) is 35.9 Å². The predicted molar refractivity (Wildman–Crippen MR) is 143 cm³/mol. The number of carbonyl (C=O) groups excluding carboxylic acids is 3. The number of nitrogens with one attached hydrogen (secondary N) is 1. The van der Waals surface area contributed by atoms with E-state index in [0.29, 0.717) is 22.0 Å². The van der Waals surface area contributed by atoms with Gasteiger partial charge in [-0.05, 0) is 24.6 Å². The number of nitrogens with zero attached hydrogens (tertiary/aromatic N) is 2. The first-order valence-electron chi connectivity index (χ1n) is 12.4. The number of hydrogen-bond acceptors (Lipinski definition) is 5. The van der Waals surface area contributed by atoms with Crippen molar-refractivity contribution in [2.45, 2.75) is 51.3 Å². The summed E-state index contributed by atoms with van der Waals surface area (Å²) in [6, 6.07) is 8.16. The molecular weight excluding hydrogens is 552 g/mol. The maximum atomic E-state index is 14.4. The molecule has 2 heterocycles. The standard InChI is InChI=1S/C27H28ClF2N3O5S/c1-3-39(37,38)15-17-7-8-20-21(16(2)34)13-32(23(20)9-17)14-25(35)33-12-19(29)10-24(33)27(36)31-11-18-5-4-6-22(28)26(18)30/h4-9,13,19,24H,3,10-12,14-15H2,1-2H3,(H,31,36)/t19-,24+/m1/s1. The number of ketones is 1. The van der Waals surface area contributed by atoms with Gasteiger partial charge in [-0.2, -0.15) is 0 Å². The number of rotatable bonds is 9. The molecule has 2 amide bonds. The fraction of sp³-hybridized carbons (Fsp3) is 0.370. The number of likely N-dealkylation sites (tertiary alicyclic amines) is 1. The molecule has 0 saturated carbocycles. The summed E-state index contributed by atoms with van der Waals surface area (Å²) in [4.78, 5) is 39.6. The van der Waals surface area contributed by atoms with Crippen molar-refractivity contribution in [1.29, 1.82) is 0 Å².